The second kappa shape index (κ2) is 8.84. The first kappa shape index (κ1) is 14.9. The van der Waals surface area contributed by atoms with Crippen LogP contribution in [0.5, 0.6) is 0 Å². The van der Waals surface area contributed by atoms with Crippen molar-refractivity contribution in [1.82, 2.24) is 0 Å². The van der Waals surface area contributed by atoms with E-state index in [2.05, 4.69) is 31.9 Å². The summed E-state index contributed by atoms with van der Waals surface area (Å²) in [6.07, 6.45) is 2.49. The van der Waals surface area contributed by atoms with Gasteiger partial charge < -0.3 is 4.74 Å². The molecular formula is C13H16Br2O2. The molecule has 4 heteroatoms. The van der Waals surface area contributed by atoms with Gasteiger partial charge in [0.05, 0.1) is 11.9 Å². The van der Waals surface area contributed by atoms with Gasteiger partial charge in [-0.2, -0.15) is 0 Å². The van der Waals surface area contributed by atoms with Gasteiger partial charge in [-0.05, 0) is 30.5 Å². The van der Waals surface area contributed by atoms with E-state index in [1.165, 1.54) is 5.56 Å². The number of Topliss-reactive ketones (excluding diaryl/α,β-unsaturated/α-hetero) is 1. The molecule has 1 aromatic carbocycles. The molecule has 0 N–H and O–H groups in total. The molecule has 0 amide bonds. The van der Waals surface area contributed by atoms with Crippen LogP contribution in [0, 0.1) is 0 Å². The lowest BCUT2D eigenvalue weighted by atomic mass is 10.2. The number of hydrogen-bond acceptors (Lipinski definition) is 2. The lowest BCUT2D eigenvalue weighted by molar-refractivity contribution is -0.116. The molecule has 0 aliphatic heterocycles. The molecule has 0 aliphatic carbocycles. The lowest BCUT2D eigenvalue weighted by Crippen LogP contribution is -2.00. The van der Waals surface area contributed by atoms with Crippen molar-refractivity contribution in [3.63, 3.8) is 0 Å². The summed E-state index contributed by atoms with van der Waals surface area (Å²) in [5.41, 5.74) is 1.17. The van der Waals surface area contributed by atoms with Crippen LogP contribution in [-0.2, 0) is 16.1 Å². The minimum absolute atomic E-state index is 0.262. The molecule has 17 heavy (non-hydrogen) atoms. The van der Waals surface area contributed by atoms with E-state index in [1.54, 1.807) is 0 Å². The molecule has 0 bridgehead atoms. The van der Waals surface area contributed by atoms with E-state index in [9.17, 15) is 4.79 Å². The van der Waals surface area contributed by atoms with Gasteiger partial charge in [-0.25, -0.2) is 0 Å². The van der Waals surface area contributed by atoms with Gasteiger partial charge in [0.15, 0.2) is 0 Å². The minimum Gasteiger partial charge on any atom is -0.377 e. The summed E-state index contributed by atoms with van der Waals surface area (Å²) in [6, 6.07) is 8.09. The maximum atomic E-state index is 11.0. The first-order chi connectivity index (χ1) is 8.22. The maximum absolute atomic E-state index is 11.0. The van der Waals surface area contributed by atoms with Crippen LogP contribution in [0.2, 0.25) is 0 Å². The van der Waals surface area contributed by atoms with Crippen LogP contribution in [0.25, 0.3) is 0 Å². The Morgan fingerprint density at radius 3 is 2.53 bits per heavy atom. The second-order valence-corrected chi connectivity index (χ2v) is 5.28. The molecule has 0 saturated carbocycles. The summed E-state index contributed by atoms with van der Waals surface area (Å²) in [5.74, 6) is 0.262. The lowest BCUT2D eigenvalue weighted by Gasteiger charge is -2.04. The van der Waals surface area contributed by atoms with Gasteiger partial charge in [0.25, 0.3) is 0 Å². The molecule has 0 spiro atoms. The Labute approximate surface area is 119 Å². The van der Waals surface area contributed by atoms with Crippen LogP contribution < -0.4 is 0 Å². The van der Waals surface area contributed by atoms with Crippen LogP contribution in [-0.4, -0.2) is 17.7 Å². The maximum Gasteiger partial charge on any atom is 0.143 e. The Balaban J connectivity index is 2.04. The summed E-state index contributed by atoms with van der Waals surface area (Å²) >= 11 is 6.54. The average Bonchev–Trinajstić information content (AvgIpc) is 2.35. The third-order valence-corrected chi connectivity index (χ3v) is 3.48. The Bertz CT molecular complexity index is 336. The Hall–Kier alpha value is -0.190. The fraction of sp³-hybridized carbons (Fsp3) is 0.462. The molecule has 0 unspecified atom stereocenters. The molecule has 0 aliphatic rings. The molecule has 1 aromatic rings. The number of hydrogen-bond donors (Lipinski definition) is 0. The summed E-state index contributed by atoms with van der Waals surface area (Å²) in [7, 11) is 0. The Morgan fingerprint density at radius 2 is 1.88 bits per heavy atom. The van der Waals surface area contributed by atoms with Crippen molar-refractivity contribution in [3.8, 4) is 0 Å². The van der Waals surface area contributed by atoms with Gasteiger partial charge >= 0.3 is 0 Å². The van der Waals surface area contributed by atoms with Crippen LogP contribution in [0.15, 0.2) is 28.7 Å². The highest BCUT2D eigenvalue weighted by Gasteiger charge is 1.99. The number of carbonyl (C=O) groups excluding carboxylic acids is 1. The van der Waals surface area contributed by atoms with E-state index in [4.69, 9.17) is 4.74 Å². The van der Waals surface area contributed by atoms with Crippen LogP contribution >= 0.6 is 31.9 Å². The molecule has 0 heterocycles. The zero-order valence-electron chi connectivity index (χ0n) is 9.62. The molecule has 1 rings (SSSR count). The minimum atomic E-state index is 0.262. The highest BCUT2D eigenvalue weighted by Crippen LogP contribution is 2.11. The molecule has 0 atom stereocenters. The van der Waals surface area contributed by atoms with Gasteiger partial charge in [0, 0.05) is 17.5 Å². The van der Waals surface area contributed by atoms with Gasteiger partial charge in [-0.3, -0.25) is 4.79 Å². The number of ketones is 1. The van der Waals surface area contributed by atoms with Gasteiger partial charge in [-0.15, -0.1) is 0 Å². The average molecular weight is 364 g/mol. The molecule has 2 nitrogen and oxygen atoms in total. The molecule has 0 saturated heterocycles. The van der Waals surface area contributed by atoms with Gasteiger partial charge in [0.2, 0.25) is 0 Å². The standard InChI is InChI=1S/C13H16Br2O2/c14-9-13(16)3-1-2-8-17-10-11-4-6-12(15)7-5-11/h4-7H,1-3,8-10H2. The van der Waals surface area contributed by atoms with Crippen LogP contribution in [0.3, 0.4) is 0 Å². The smallest absolute Gasteiger partial charge is 0.143 e. The van der Waals surface area contributed by atoms with E-state index < -0.39 is 0 Å². The van der Waals surface area contributed by atoms with Crippen molar-refractivity contribution in [3.05, 3.63) is 34.3 Å². The molecule has 0 fully saturated rings. The predicted molar refractivity (Wildman–Crippen MR) is 76.5 cm³/mol. The molecule has 0 radical (unpaired) electrons. The van der Waals surface area contributed by atoms with E-state index in [-0.39, 0.29) is 5.78 Å². The van der Waals surface area contributed by atoms with E-state index in [1.807, 2.05) is 24.3 Å². The summed E-state index contributed by atoms with van der Waals surface area (Å²) < 4.78 is 6.61. The van der Waals surface area contributed by atoms with Crippen molar-refractivity contribution in [2.75, 3.05) is 11.9 Å². The van der Waals surface area contributed by atoms with Crippen molar-refractivity contribution < 1.29 is 9.53 Å². The number of alkyl halides is 1. The fourth-order valence-electron chi connectivity index (χ4n) is 1.36. The first-order valence-electron chi connectivity index (χ1n) is 5.62. The SMILES string of the molecule is O=C(CBr)CCCCOCc1ccc(Br)cc1. The Morgan fingerprint density at radius 1 is 1.18 bits per heavy atom. The zero-order valence-corrected chi connectivity index (χ0v) is 12.8. The summed E-state index contributed by atoms with van der Waals surface area (Å²) in [5, 5.41) is 0.465. The third-order valence-electron chi connectivity index (χ3n) is 2.33. The van der Waals surface area contributed by atoms with E-state index in [0.29, 0.717) is 25.0 Å². The Kier molecular flexibility index (Phi) is 7.73. The number of halogens is 2. The quantitative estimate of drug-likeness (QED) is 0.513. The highest BCUT2D eigenvalue weighted by molar-refractivity contribution is 9.10. The van der Waals surface area contributed by atoms with Crippen LogP contribution in [0.4, 0.5) is 0 Å². The number of ether oxygens (including phenoxy) is 1. The second-order valence-electron chi connectivity index (χ2n) is 3.81. The summed E-state index contributed by atoms with van der Waals surface area (Å²) in [6.45, 7) is 1.35. The molecular weight excluding hydrogens is 348 g/mol. The predicted octanol–water partition coefficient (Wildman–Crippen LogP) is 4.10. The van der Waals surface area contributed by atoms with Crippen molar-refractivity contribution >= 4 is 37.6 Å². The number of rotatable bonds is 8. The van der Waals surface area contributed by atoms with Crippen molar-refractivity contribution in [1.29, 1.82) is 0 Å². The van der Waals surface area contributed by atoms with Crippen molar-refractivity contribution in [2.45, 2.75) is 25.9 Å². The van der Waals surface area contributed by atoms with E-state index >= 15 is 0 Å². The molecule has 0 aromatic heterocycles. The topological polar surface area (TPSA) is 26.3 Å². The van der Waals surface area contributed by atoms with E-state index in [0.717, 1.165) is 17.3 Å². The zero-order chi connectivity index (χ0) is 12.5. The number of carbonyl (C=O) groups is 1. The first-order valence-corrected chi connectivity index (χ1v) is 7.53. The largest absolute Gasteiger partial charge is 0.377 e. The number of benzene rings is 1. The monoisotopic (exact) mass is 362 g/mol. The van der Waals surface area contributed by atoms with Gasteiger partial charge in [-0.1, -0.05) is 44.0 Å². The summed E-state index contributed by atoms with van der Waals surface area (Å²) in [4.78, 5) is 11.0. The molecule has 94 valence electrons. The fourth-order valence-corrected chi connectivity index (χ4v) is 1.91. The third kappa shape index (κ3) is 6.96. The highest BCUT2D eigenvalue weighted by atomic mass is 79.9. The van der Waals surface area contributed by atoms with Gasteiger partial charge in [0.1, 0.15) is 5.78 Å². The normalized spacial score (nSPS) is 10.5. The number of unbranched alkanes of at least 4 members (excludes halogenated alkanes) is 1. The van der Waals surface area contributed by atoms with Crippen LogP contribution in [0.1, 0.15) is 24.8 Å². The van der Waals surface area contributed by atoms with Crippen molar-refractivity contribution in [2.24, 2.45) is 0 Å².